The zero-order valence-corrected chi connectivity index (χ0v) is 12.2. The van der Waals surface area contributed by atoms with Gasteiger partial charge in [-0.15, -0.1) is 0 Å². The molecule has 1 aromatic heterocycles. The van der Waals surface area contributed by atoms with E-state index in [4.69, 9.17) is 17.4 Å². The van der Waals surface area contributed by atoms with E-state index < -0.39 is 0 Å². The van der Waals surface area contributed by atoms with E-state index in [2.05, 4.69) is 42.6 Å². The second-order valence-corrected chi connectivity index (χ2v) is 5.33. The maximum Gasteiger partial charge on any atom is 0.0834 e. The highest BCUT2D eigenvalue weighted by Crippen LogP contribution is 2.25. The second-order valence-electron chi connectivity index (χ2n) is 4.92. The van der Waals surface area contributed by atoms with Gasteiger partial charge in [0, 0.05) is 7.05 Å². The van der Waals surface area contributed by atoms with Gasteiger partial charge in [-0.05, 0) is 25.8 Å². The Bertz CT molecular complexity index is 537. The maximum atomic E-state index is 6.17. The third-order valence-electron chi connectivity index (χ3n) is 3.19. The highest BCUT2D eigenvalue weighted by molar-refractivity contribution is 6.31. The van der Waals surface area contributed by atoms with Gasteiger partial charge in [-0.25, -0.2) is 0 Å². The summed E-state index contributed by atoms with van der Waals surface area (Å²) in [7, 11) is 1.87. The number of nitrogens with zero attached hydrogens (tertiary/aromatic N) is 2. The molecular weight excluding hydrogens is 260 g/mol. The van der Waals surface area contributed by atoms with Crippen molar-refractivity contribution in [1.82, 2.24) is 15.2 Å². The van der Waals surface area contributed by atoms with Crippen molar-refractivity contribution in [3.63, 3.8) is 0 Å². The molecule has 0 fully saturated rings. The van der Waals surface area contributed by atoms with E-state index in [1.165, 1.54) is 16.7 Å². The minimum Gasteiger partial charge on any atom is -0.271 e. The number of nitrogens with two attached hydrogens (primary N) is 1. The minimum absolute atomic E-state index is 0.0544. The average Bonchev–Trinajstić information content (AvgIpc) is 2.65. The van der Waals surface area contributed by atoms with Crippen molar-refractivity contribution in [1.29, 1.82) is 0 Å². The Labute approximate surface area is 118 Å². The molecular formula is C14H19ClN4. The van der Waals surface area contributed by atoms with Crippen LogP contribution in [-0.4, -0.2) is 9.78 Å². The predicted molar refractivity (Wildman–Crippen MR) is 77.9 cm³/mol. The molecule has 0 aliphatic heterocycles. The molecule has 1 heterocycles. The fourth-order valence-corrected chi connectivity index (χ4v) is 2.77. The van der Waals surface area contributed by atoms with Gasteiger partial charge in [-0.3, -0.25) is 16.0 Å². The van der Waals surface area contributed by atoms with E-state index in [1.807, 2.05) is 7.05 Å². The molecule has 0 saturated heterocycles. The fraction of sp³-hybridized carbons (Fsp3) is 0.357. The number of rotatable bonds is 4. The van der Waals surface area contributed by atoms with Crippen molar-refractivity contribution in [3.05, 3.63) is 51.8 Å². The molecule has 0 radical (unpaired) electrons. The summed E-state index contributed by atoms with van der Waals surface area (Å²) >= 11 is 6.17. The standard InChI is InChI=1S/C14H19ClN4/c1-9-4-10(2)6-11(5-9)7-13(18-16)14-12(15)8-17-19(14)3/h4-6,8,13,18H,7,16H2,1-3H3. The Kier molecular flexibility index (Phi) is 4.24. The Hall–Kier alpha value is -1.36. The van der Waals surface area contributed by atoms with Crippen molar-refractivity contribution >= 4 is 11.6 Å². The quantitative estimate of drug-likeness (QED) is 0.667. The lowest BCUT2D eigenvalue weighted by molar-refractivity contribution is 0.508. The number of aryl methyl sites for hydroxylation is 3. The molecule has 2 rings (SSSR count). The molecule has 0 aliphatic carbocycles. The van der Waals surface area contributed by atoms with Gasteiger partial charge in [0.05, 0.1) is 23.0 Å². The van der Waals surface area contributed by atoms with Gasteiger partial charge in [-0.2, -0.15) is 5.10 Å². The zero-order valence-electron chi connectivity index (χ0n) is 11.4. The Balaban J connectivity index is 2.29. The molecule has 102 valence electrons. The topological polar surface area (TPSA) is 55.9 Å². The summed E-state index contributed by atoms with van der Waals surface area (Å²) in [4.78, 5) is 0. The number of aromatic nitrogens is 2. The smallest absolute Gasteiger partial charge is 0.0834 e. The lowest BCUT2D eigenvalue weighted by atomic mass is 10.00. The summed E-state index contributed by atoms with van der Waals surface area (Å²) in [5.41, 5.74) is 7.47. The average molecular weight is 279 g/mol. The first-order valence-corrected chi connectivity index (χ1v) is 6.59. The lowest BCUT2D eigenvalue weighted by Crippen LogP contribution is -2.31. The molecule has 19 heavy (non-hydrogen) atoms. The van der Waals surface area contributed by atoms with Crippen LogP contribution < -0.4 is 11.3 Å². The van der Waals surface area contributed by atoms with E-state index in [0.717, 1.165) is 12.1 Å². The highest BCUT2D eigenvalue weighted by Gasteiger charge is 2.18. The van der Waals surface area contributed by atoms with Gasteiger partial charge in [0.25, 0.3) is 0 Å². The number of hydrogen-bond acceptors (Lipinski definition) is 3. The lowest BCUT2D eigenvalue weighted by Gasteiger charge is -2.17. The molecule has 0 aliphatic rings. The predicted octanol–water partition coefficient (Wildman–Crippen LogP) is 2.44. The van der Waals surface area contributed by atoms with Crippen LogP contribution in [0.2, 0.25) is 5.02 Å². The maximum absolute atomic E-state index is 6.17. The first-order valence-electron chi connectivity index (χ1n) is 6.22. The summed E-state index contributed by atoms with van der Waals surface area (Å²) in [5.74, 6) is 5.68. The van der Waals surface area contributed by atoms with Crippen molar-refractivity contribution in [2.45, 2.75) is 26.3 Å². The largest absolute Gasteiger partial charge is 0.271 e. The van der Waals surface area contributed by atoms with Gasteiger partial charge >= 0.3 is 0 Å². The number of benzene rings is 1. The van der Waals surface area contributed by atoms with Gasteiger partial charge in [-0.1, -0.05) is 40.9 Å². The summed E-state index contributed by atoms with van der Waals surface area (Å²) in [6.07, 6.45) is 2.42. The molecule has 2 aromatic rings. The van der Waals surface area contributed by atoms with Crippen LogP contribution in [0.3, 0.4) is 0 Å². The van der Waals surface area contributed by atoms with Crippen molar-refractivity contribution in [3.8, 4) is 0 Å². The van der Waals surface area contributed by atoms with Crippen LogP contribution in [0.5, 0.6) is 0 Å². The van der Waals surface area contributed by atoms with Gasteiger partial charge < -0.3 is 0 Å². The number of nitrogens with one attached hydrogen (secondary N) is 1. The Morgan fingerprint density at radius 3 is 2.42 bits per heavy atom. The number of halogens is 1. The fourth-order valence-electron chi connectivity index (χ4n) is 2.47. The highest BCUT2D eigenvalue weighted by atomic mass is 35.5. The van der Waals surface area contributed by atoms with Crippen molar-refractivity contribution < 1.29 is 0 Å². The Morgan fingerprint density at radius 1 is 1.32 bits per heavy atom. The molecule has 5 heteroatoms. The Morgan fingerprint density at radius 2 is 1.95 bits per heavy atom. The van der Waals surface area contributed by atoms with Gasteiger partial charge in [0.15, 0.2) is 0 Å². The van der Waals surface area contributed by atoms with E-state index >= 15 is 0 Å². The van der Waals surface area contributed by atoms with Crippen molar-refractivity contribution in [2.24, 2.45) is 12.9 Å². The van der Waals surface area contributed by atoms with E-state index in [9.17, 15) is 0 Å². The normalized spacial score (nSPS) is 12.7. The molecule has 1 unspecified atom stereocenters. The first kappa shape index (κ1) is 14.1. The second kappa shape index (κ2) is 5.74. The van der Waals surface area contributed by atoms with Crippen LogP contribution >= 0.6 is 11.6 Å². The zero-order chi connectivity index (χ0) is 14.0. The SMILES string of the molecule is Cc1cc(C)cc(CC(NN)c2c(Cl)cnn2C)c1. The molecule has 1 aromatic carbocycles. The molecule has 0 amide bonds. The van der Waals surface area contributed by atoms with Crippen LogP contribution in [0.25, 0.3) is 0 Å². The summed E-state index contributed by atoms with van der Waals surface area (Å²) in [6.45, 7) is 4.19. The number of hydrazine groups is 1. The van der Waals surface area contributed by atoms with E-state index in [-0.39, 0.29) is 6.04 Å². The first-order chi connectivity index (χ1) is 9.01. The van der Waals surface area contributed by atoms with E-state index in [0.29, 0.717) is 5.02 Å². The van der Waals surface area contributed by atoms with Gasteiger partial charge in [0.2, 0.25) is 0 Å². The monoisotopic (exact) mass is 278 g/mol. The summed E-state index contributed by atoms with van der Waals surface area (Å²) in [5, 5.41) is 4.79. The van der Waals surface area contributed by atoms with Crippen LogP contribution in [0, 0.1) is 13.8 Å². The van der Waals surface area contributed by atoms with Crippen LogP contribution in [0.1, 0.15) is 28.4 Å². The third-order valence-corrected chi connectivity index (χ3v) is 3.48. The van der Waals surface area contributed by atoms with Crippen LogP contribution in [-0.2, 0) is 13.5 Å². The minimum atomic E-state index is -0.0544. The molecule has 4 nitrogen and oxygen atoms in total. The molecule has 1 atom stereocenters. The third kappa shape index (κ3) is 3.15. The van der Waals surface area contributed by atoms with Crippen LogP contribution in [0.4, 0.5) is 0 Å². The number of hydrogen-bond donors (Lipinski definition) is 2. The molecule has 0 saturated carbocycles. The summed E-state index contributed by atoms with van der Waals surface area (Å²) < 4.78 is 1.76. The van der Waals surface area contributed by atoms with E-state index in [1.54, 1.807) is 10.9 Å². The van der Waals surface area contributed by atoms with Crippen LogP contribution in [0.15, 0.2) is 24.4 Å². The summed E-state index contributed by atoms with van der Waals surface area (Å²) in [6, 6.07) is 6.44. The van der Waals surface area contributed by atoms with Gasteiger partial charge in [0.1, 0.15) is 0 Å². The molecule has 0 spiro atoms. The molecule has 0 bridgehead atoms. The van der Waals surface area contributed by atoms with Crippen molar-refractivity contribution in [2.75, 3.05) is 0 Å². The molecule has 3 N–H and O–H groups in total.